The van der Waals surface area contributed by atoms with E-state index in [9.17, 15) is 8.78 Å². The van der Waals surface area contributed by atoms with E-state index in [4.69, 9.17) is 22.6 Å². The molecule has 0 radical (unpaired) electrons. The number of halogens is 3. The van der Waals surface area contributed by atoms with Crippen LogP contribution in [0.5, 0.6) is 0 Å². The van der Waals surface area contributed by atoms with Gasteiger partial charge in [0.15, 0.2) is 5.82 Å². The standard InChI is InChI=1S/C13H11ClF2N4/c1-7(18)6-20-3-2-11(19-20)8-4-10(15)9(5-17)12(14)13(8)16/h2-4,7H,6,18H2,1H3. The van der Waals surface area contributed by atoms with E-state index in [1.807, 2.05) is 0 Å². The normalized spacial score (nSPS) is 12.2. The molecule has 0 amide bonds. The molecule has 0 fully saturated rings. The summed E-state index contributed by atoms with van der Waals surface area (Å²) in [5, 5.41) is 12.3. The summed E-state index contributed by atoms with van der Waals surface area (Å²) < 4.78 is 29.3. The fraction of sp³-hybridized carbons (Fsp3) is 0.231. The fourth-order valence-corrected chi connectivity index (χ4v) is 2.02. The van der Waals surface area contributed by atoms with Gasteiger partial charge in [-0.3, -0.25) is 4.68 Å². The van der Waals surface area contributed by atoms with Crippen molar-refractivity contribution < 1.29 is 8.78 Å². The Bertz CT molecular complexity index is 688. The zero-order valence-electron chi connectivity index (χ0n) is 10.6. The van der Waals surface area contributed by atoms with E-state index < -0.39 is 22.2 Å². The Kier molecular flexibility index (Phi) is 4.02. The van der Waals surface area contributed by atoms with Crippen LogP contribution in [0.1, 0.15) is 12.5 Å². The first-order valence-electron chi connectivity index (χ1n) is 5.81. The average molecular weight is 297 g/mol. The van der Waals surface area contributed by atoms with Gasteiger partial charge in [-0.05, 0) is 19.1 Å². The monoisotopic (exact) mass is 296 g/mol. The van der Waals surface area contributed by atoms with E-state index in [1.165, 1.54) is 16.8 Å². The molecule has 2 aromatic rings. The second-order valence-electron chi connectivity index (χ2n) is 4.42. The van der Waals surface area contributed by atoms with Crippen LogP contribution in [0.25, 0.3) is 11.3 Å². The molecule has 2 rings (SSSR count). The van der Waals surface area contributed by atoms with Crippen molar-refractivity contribution in [3.05, 3.63) is 40.6 Å². The van der Waals surface area contributed by atoms with E-state index in [0.717, 1.165) is 6.07 Å². The van der Waals surface area contributed by atoms with Gasteiger partial charge in [0.25, 0.3) is 0 Å². The van der Waals surface area contributed by atoms with Crippen LogP contribution in [-0.4, -0.2) is 15.8 Å². The highest BCUT2D eigenvalue weighted by Gasteiger charge is 2.19. The molecule has 7 heteroatoms. The van der Waals surface area contributed by atoms with Crippen LogP contribution in [0.4, 0.5) is 8.78 Å². The first-order valence-corrected chi connectivity index (χ1v) is 6.18. The predicted octanol–water partition coefficient (Wildman–Crippen LogP) is 2.70. The molecule has 1 atom stereocenters. The lowest BCUT2D eigenvalue weighted by Crippen LogP contribution is -2.22. The van der Waals surface area contributed by atoms with Crippen LogP contribution in [0, 0.1) is 23.0 Å². The van der Waals surface area contributed by atoms with Crippen molar-refractivity contribution in [2.24, 2.45) is 5.73 Å². The van der Waals surface area contributed by atoms with Gasteiger partial charge in [-0.2, -0.15) is 10.4 Å². The smallest absolute Gasteiger partial charge is 0.152 e. The molecule has 1 heterocycles. The van der Waals surface area contributed by atoms with Gasteiger partial charge in [-0.1, -0.05) is 11.6 Å². The molecule has 1 unspecified atom stereocenters. The average Bonchev–Trinajstić information content (AvgIpc) is 2.82. The van der Waals surface area contributed by atoms with Gasteiger partial charge >= 0.3 is 0 Å². The summed E-state index contributed by atoms with van der Waals surface area (Å²) in [5.74, 6) is -1.74. The molecule has 1 aromatic heterocycles. The summed E-state index contributed by atoms with van der Waals surface area (Å²) in [6.45, 7) is 2.26. The Hall–Kier alpha value is -1.97. The SMILES string of the molecule is CC(N)Cn1ccc(-c2cc(F)c(C#N)c(Cl)c2F)n1. The minimum Gasteiger partial charge on any atom is -0.326 e. The van der Waals surface area contributed by atoms with E-state index >= 15 is 0 Å². The van der Waals surface area contributed by atoms with Gasteiger partial charge < -0.3 is 5.73 Å². The molecule has 2 N–H and O–H groups in total. The van der Waals surface area contributed by atoms with Crippen molar-refractivity contribution in [1.82, 2.24) is 9.78 Å². The fourth-order valence-electron chi connectivity index (χ4n) is 1.79. The van der Waals surface area contributed by atoms with Crippen molar-refractivity contribution >= 4 is 11.6 Å². The van der Waals surface area contributed by atoms with Gasteiger partial charge in [-0.15, -0.1) is 0 Å². The number of aromatic nitrogens is 2. The molecule has 0 spiro atoms. The molecule has 0 aliphatic carbocycles. The summed E-state index contributed by atoms with van der Waals surface area (Å²) in [6, 6.07) is 3.85. The number of hydrogen-bond acceptors (Lipinski definition) is 3. The number of nitrogens with zero attached hydrogens (tertiary/aromatic N) is 3. The maximum Gasteiger partial charge on any atom is 0.152 e. The number of nitrogens with two attached hydrogens (primary N) is 1. The number of rotatable bonds is 3. The topological polar surface area (TPSA) is 67.6 Å². The molecule has 0 saturated heterocycles. The zero-order chi connectivity index (χ0) is 14.9. The van der Waals surface area contributed by atoms with Crippen LogP contribution in [0.3, 0.4) is 0 Å². The first kappa shape index (κ1) is 14.4. The Balaban J connectivity index is 2.49. The molecular formula is C13H11ClF2N4. The molecule has 1 aromatic carbocycles. The maximum atomic E-state index is 14.1. The lowest BCUT2D eigenvalue weighted by atomic mass is 10.1. The lowest BCUT2D eigenvalue weighted by molar-refractivity contribution is 0.539. The molecule has 0 aliphatic rings. The van der Waals surface area contributed by atoms with E-state index in [0.29, 0.717) is 6.54 Å². The Morgan fingerprint density at radius 2 is 2.25 bits per heavy atom. The van der Waals surface area contributed by atoms with E-state index in [2.05, 4.69) is 5.10 Å². The summed E-state index contributed by atoms with van der Waals surface area (Å²) in [5.41, 5.74) is 5.27. The summed E-state index contributed by atoms with van der Waals surface area (Å²) in [6.07, 6.45) is 1.61. The van der Waals surface area contributed by atoms with Crippen molar-refractivity contribution in [2.75, 3.05) is 0 Å². The maximum absolute atomic E-state index is 14.1. The minimum absolute atomic E-state index is 0.0880. The lowest BCUT2D eigenvalue weighted by Gasteiger charge is -2.06. The van der Waals surface area contributed by atoms with E-state index in [1.54, 1.807) is 13.1 Å². The number of benzene rings is 1. The zero-order valence-corrected chi connectivity index (χ0v) is 11.3. The largest absolute Gasteiger partial charge is 0.326 e. The number of nitriles is 1. The first-order chi connectivity index (χ1) is 9.43. The molecule has 4 nitrogen and oxygen atoms in total. The summed E-state index contributed by atoms with van der Waals surface area (Å²) >= 11 is 5.65. The Morgan fingerprint density at radius 3 is 2.85 bits per heavy atom. The molecule has 0 aliphatic heterocycles. The highest BCUT2D eigenvalue weighted by Crippen LogP contribution is 2.31. The molecule has 0 bridgehead atoms. The number of hydrogen-bond donors (Lipinski definition) is 1. The molecule has 20 heavy (non-hydrogen) atoms. The van der Waals surface area contributed by atoms with Gasteiger partial charge in [0, 0.05) is 17.8 Å². The van der Waals surface area contributed by atoms with Crippen LogP contribution >= 0.6 is 11.6 Å². The predicted molar refractivity (Wildman–Crippen MR) is 71.0 cm³/mol. The second kappa shape index (κ2) is 5.57. The summed E-state index contributed by atoms with van der Waals surface area (Å²) in [4.78, 5) is 0. The Labute approximate surface area is 119 Å². The highest BCUT2D eigenvalue weighted by molar-refractivity contribution is 6.32. The van der Waals surface area contributed by atoms with Gasteiger partial charge in [-0.25, -0.2) is 8.78 Å². The summed E-state index contributed by atoms with van der Waals surface area (Å²) in [7, 11) is 0. The molecule has 0 saturated carbocycles. The third kappa shape index (κ3) is 2.64. The minimum atomic E-state index is -0.879. The van der Waals surface area contributed by atoms with Gasteiger partial charge in [0.05, 0.1) is 17.3 Å². The molecule has 104 valence electrons. The van der Waals surface area contributed by atoms with Crippen molar-refractivity contribution in [3.63, 3.8) is 0 Å². The third-order valence-electron chi connectivity index (χ3n) is 2.66. The second-order valence-corrected chi connectivity index (χ2v) is 4.80. The van der Waals surface area contributed by atoms with Crippen molar-refractivity contribution in [2.45, 2.75) is 19.5 Å². The van der Waals surface area contributed by atoms with Gasteiger partial charge in [0.2, 0.25) is 0 Å². The highest BCUT2D eigenvalue weighted by atomic mass is 35.5. The molecular weight excluding hydrogens is 286 g/mol. The quantitative estimate of drug-likeness (QED) is 0.886. The van der Waals surface area contributed by atoms with Crippen LogP contribution in [0.15, 0.2) is 18.3 Å². The van der Waals surface area contributed by atoms with Crippen LogP contribution in [-0.2, 0) is 6.54 Å². The van der Waals surface area contributed by atoms with Crippen LogP contribution < -0.4 is 5.73 Å². The third-order valence-corrected chi connectivity index (χ3v) is 3.02. The van der Waals surface area contributed by atoms with Crippen molar-refractivity contribution in [1.29, 1.82) is 5.26 Å². The van der Waals surface area contributed by atoms with Crippen molar-refractivity contribution in [3.8, 4) is 17.3 Å². The van der Waals surface area contributed by atoms with E-state index in [-0.39, 0.29) is 17.3 Å². The van der Waals surface area contributed by atoms with Gasteiger partial charge in [0.1, 0.15) is 17.4 Å². The Morgan fingerprint density at radius 1 is 1.55 bits per heavy atom. The van der Waals surface area contributed by atoms with Crippen LogP contribution in [0.2, 0.25) is 5.02 Å².